The van der Waals surface area contributed by atoms with Gasteiger partial charge in [0.2, 0.25) is 6.23 Å². The predicted octanol–water partition coefficient (Wildman–Crippen LogP) is 6.13. The maximum Gasteiger partial charge on any atom is 0.214 e. The summed E-state index contributed by atoms with van der Waals surface area (Å²) in [7, 11) is 3.28. The van der Waals surface area contributed by atoms with Crippen molar-refractivity contribution < 1.29 is 18.9 Å². The number of nitrogens with zero attached hydrogens (tertiary/aromatic N) is 2. The SMILES string of the molecule is CCCCOc1ccc(C2=NN3C(C2)c2ccccc2OC3c2ccc(OC)c(OC)c2)cc1. The van der Waals surface area contributed by atoms with Gasteiger partial charge in [0.25, 0.3) is 0 Å². The number of benzene rings is 3. The number of fused-ring (bicyclic) bond motifs is 3. The first-order chi connectivity index (χ1) is 16.7. The molecule has 0 aliphatic carbocycles. The summed E-state index contributed by atoms with van der Waals surface area (Å²) < 4.78 is 23.3. The summed E-state index contributed by atoms with van der Waals surface area (Å²) in [5.41, 5.74) is 4.25. The number of hydrogen-bond acceptors (Lipinski definition) is 6. The first-order valence-electron chi connectivity index (χ1n) is 11.8. The third-order valence-corrected chi connectivity index (χ3v) is 6.35. The van der Waals surface area contributed by atoms with E-state index in [0.717, 1.165) is 59.8 Å². The largest absolute Gasteiger partial charge is 0.494 e. The average Bonchev–Trinajstić information content (AvgIpc) is 3.34. The minimum absolute atomic E-state index is 0.0959. The quantitative estimate of drug-likeness (QED) is 0.380. The van der Waals surface area contributed by atoms with Crippen molar-refractivity contribution in [3.63, 3.8) is 0 Å². The van der Waals surface area contributed by atoms with Crippen LogP contribution >= 0.6 is 0 Å². The molecular weight excluding hydrogens is 428 g/mol. The Labute approximate surface area is 200 Å². The van der Waals surface area contributed by atoms with Crippen LogP contribution in [0.5, 0.6) is 23.0 Å². The predicted molar refractivity (Wildman–Crippen MR) is 132 cm³/mol. The highest BCUT2D eigenvalue weighted by molar-refractivity contribution is 6.02. The molecule has 6 nitrogen and oxygen atoms in total. The number of methoxy groups -OCH3 is 2. The van der Waals surface area contributed by atoms with Crippen LogP contribution < -0.4 is 18.9 Å². The fourth-order valence-corrected chi connectivity index (χ4v) is 4.51. The fourth-order valence-electron chi connectivity index (χ4n) is 4.51. The van der Waals surface area contributed by atoms with E-state index in [0.29, 0.717) is 11.5 Å². The zero-order valence-corrected chi connectivity index (χ0v) is 19.9. The van der Waals surface area contributed by atoms with Gasteiger partial charge in [-0.2, -0.15) is 5.10 Å². The molecule has 0 bridgehead atoms. The normalized spacial score (nSPS) is 18.4. The molecular formula is C28H30N2O4. The molecule has 2 aliphatic rings. The Morgan fingerprint density at radius 3 is 2.53 bits per heavy atom. The number of para-hydroxylation sites is 1. The molecule has 2 atom stereocenters. The van der Waals surface area contributed by atoms with Gasteiger partial charge in [-0.05, 0) is 60.5 Å². The second-order valence-corrected chi connectivity index (χ2v) is 8.50. The second kappa shape index (κ2) is 9.67. The molecule has 3 aromatic rings. The summed E-state index contributed by atoms with van der Waals surface area (Å²) in [6.45, 7) is 2.91. The van der Waals surface area contributed by atoms with Crippen LogP contribution in [0.4, 0.5) is 0 Å². The molecule has 176 valence electrons. The van der Waals surface area contributed by atoms with Crippen LogP contribution in [0.2, 0.25) is 0 Å². The van der Waals surface area contributed by atoms with Gasteiger partial charge in [0.15, 0.2) is 11.5 Å². The van der Waals surface area contributed by atoms with E-state index in [2.05, 4.69) is 36.2 Å². The number of ether oxygens (including phenoxy) is 4. The van der Waals surface area contributed by atoms with E-state index in [-0.39, 0.29) is 12.3 Å². The van der Waals surface area contributed by atoms with Crippen molar-refractivity contribution in [3.05, 3.63) is 83.4 Å². The molecule has 0 aromatic heterocycles. The first kappa shape index (κ1) is 22.1. The van der Waals surface area contributed by atoms with Gasteiger partial charge in [-0.1, -0.05) is 31.5 Å². The molecule has 0 fully saturated rings. The van der Waals surface area contributed by atoms with Gasteiger partial charge in [0, 0.05) is 17.5 Å². The van der Waals surface area contributed by atoms with Crippen LogP contribution in [-0.2, 0) is 0 Å². The summed E-state index contributed by atoms with van der Waals surface area (Å²) in [5.74, 6) is 3.14. The number of hydrogen-bond donors (Lipinski definition) is 0. The maximum atomic E-state index is 6.47. The number of hydrazone groups is 1. The van der Waals surface area contributed by atoms with Gasteiger partial charge >= 0.3 is 0 Å². The molecule has 0 saturated carbocycles. The molecule has 0 amide bonds. The summed E-state index contributed by atoms with van der Waals surface area (Å²) >= 11 is 0. The topological polar surface area (TPSA) is 52.5 Å². The molecule has 0 radical (unpaired) electrons. The second-order valence-electron chi connectivity index (χ2n) is 8.50. The number of rotatable bonds is 8. The van der Waals surface area contributed by atoms with Gasteiger partial charge in [0.05, 0.1) is 32.6 Å². The minimum atomic E-state index is -0.367. The van der Waals surface area contributed by atoms with Gasteiger partial charge in [-0.25, -0.2) is 5.01 Å². The Bertz CT molecular complexity index is 1180. The van der Waals surface area contributed by atoms with Crippen molar-refractivity contribution in [2.45, 2.75) is 38.5 Å². The summed E-state index contributed by atoms with van der Waals surface area (Å²) in [4.78, 5) is 0. The van der Waals surface area contributed by atoms with Gasteiger partial charge < -0.3 is 18.9 Å². The third-order valence-electron chi connectivity index (χ3n) is 6.35. The number of unbranched alkanes of at least 4 members (excludes halogenated alkanes) is 1. The van der Waals surface area contributed by atoms with Crippen molar-refractivity contribution in [2.24, 2.45) is 5.10 Å². The Morgan fingerprint density at radius 1 is 0.971 bits per heavy atom. The van der Waals surface area contributed by atoms with Crippen LogP contribution in [0.1, 0.15) is 55.1 Å². The van der Waals surface area contributed by atoms with Crippen molar-refractivity contribution >= 4 is 5.71 Å². The first-order valence-corrected chi connectivity index (χ1v) is 11.8. The van der Waals surface area contributed by atoms with Crippen molar-refractivity contribution in [1.82, 2.24) is 5.01 Å². The van der Waals surface area contributed by atoms with Gasteiger partial charge in [-0.3, -0.25) is 0 Å². The highest BCUT2D eigenvalue weighted by Crippen LogP contribution is 2.48. The highest BCUT2D eigenvalue weighted by Gasteiger charge is 2.41. The van der Waals surface area contributed by atoms with Crippen LogP contribution in [0.25, 0.3) is 0 Å². The van der Waals surface area contributed by atoms with Crippen molar-refractivity contribution in [2.75, 3.05) is 20.8 Å². The molecule has 0 N–H and O–H groups in total. The lowest BCUT2D eigenvalue weighted by molar-refractivity contribution is -0.0191. The molecule has 3 aromatic carbocycles. The van der Waals surface area contributed by atoms with Crippen LogP contribution in [0.3, 0.4) is 0 Å². The monoisotopic (exact) mass is 458 g/mol. The summed E-state index contributed by atoms with van der Waals surface area (Å²) in [6.07, 6.45) is 2.62. The van der Waals surface area contributed by atoms with Crippen LogP contribution in [0, 0.1) is 0 Å². The molecule has 2 heterocycles. The molecule has 0 saturated heterocycles. The van der Waals surface area contributed by atoms with E-state index in [1.54, 1.807) is 14.2 Å². The Morgan fingerprint density at radius 2 is 1.76 bits per heavy atom. The van der Waals surface area contributed by atoms with Crippen molar-refractivity contribution in [1.29, 1.82) is 0 Å². The lowest BCUT2D eigenvalue weighted by atomic mass is 9.96. The van der Waals surface area contributed by atoms with Gasteiger partial charge in [-0.15, -0.1) is 0 Å². The maximum absolute atomic E-state index is 6.47. The van der Waals surface area contributed by atoms with E-state index < -0.39 is 0 Å². The molecule has 2 unspecified atom stereocenters. The zero-order valence-electron chi connectivity index (χ0n) is 19.9. The standard InChI is InChI=1S/C28H30N2O4/c1-4-5-16-33-21-13-10-19(11-14-21)23-18-24-22-8-6-7-9-25(22)34-28(30(24)29-23)20-12-15-26(31-2)27(17-20)32-3/h6-15,17,24,28H,4-5,16,18H2,1-3H3. The lowest BCUT2D eigenvalue weighted by Gasteiger charge is -2.38. The molecule has 0 spiro atoms. The summed E-state index contributed by atoms with van der Waals surface area (Å²) in [6, 6.07) is 22.4. The molecule has 34 heavy (non-hydrogen) atoms. The van der Waals surface area contributed by atoms with E-state index >= 15 is 0 Å². The van der Waals surface area contributed by atoms with Crippen molar-refractivity contribution in [3.8, 4) is 23.0 Å². The smallest absolute Gasteiger partial charge is 0.214 e. The third kappa shape index (κ3) is 4.16. The van der Waals surface area contributed by atoms with E-state index in [1.165, 1.54) is 0 Å². The Hall–Kier alpha value is -3.67. The zero-order chi connectivity index (χ0) is 23.5. The molecule has 2 aliphatic heterocycles. The van der Waals surface area contributed by atoms with Crippen LogP contribution in [0.15, 0.2) is 71.8 Å². The Balaban J connectivity index is 1.47. The molecule has 5 rings (SSSR count). The highest BCUT2D eigenvalue weighted by atomic mass is 16.5. The lowest BCUT2D eigenvalue weighted by Crippen LogP contribution is -2.33. The summed E-state index contributed by atoms with van der Waals surface area (Å²) in [5, 5.41) is 7.13. The fraction of sp³-hybridized carbons (Fsp3) is 0.321. The Kier molecular flexibility index (Phi) is 6.30. The van der Waals surface area contributed by atoms with E-state index in [4.69, 9.17) is 24.0 Å². The van der Waals surface area contributed by atoms with Gasteiger partial charge in [0.1, 0.15) is 11.5 Å². The van der Waals surface area contributed by atoms with Crippen LogP contribution in [-0.4, -0.2) is 31.5 Å². The molecule has 6 heteroatoms. The minimum Gasteiger partial charge on any atom is -0.494 e. The average molecular weight is 459 g/mol. The van der Waals surface area contributed by atoms with E-state index in [1.807, 2.05) is 42.5 Å². The van der Waals surface area contributed by atoms with E-state index in [9.17, 15) is 0 Å².